The lowest BCUT2D eigenvalue weighted by molar-refractivity contribution is -0.140. The molecule has 1 aromatic rings. The van der Waals surface area contributed by atoms with Crippen LogP contribution >= 0.6 is 0 Å². The van der Waals surface area contributed by atoms with Gasteiger partial charge in [0.2, 0.25) is 11.7 Å². The quantitative estimate of drug-likeness (QED) is 0.260. The first-order valence-electron chi connectivity index (χ1n) is 13.5. The molecule has 1 saturated heterocycles. The number of aryl methyl sites for hydroxylation is 1. The van der Waals surface area contributed by atoms with Gasteiger partial charge in [0.25, 0.3) is 5.91 Å². The van der Waals surface area contributed by atoms with Crippen molar-refractivity contribution in [2.45, 2.75) is 70.9 Å². The Hall–Kier alpha value is -2.94. The normalized spacial score (nSPS) is 15.2. The molecule has 1 aliphatic rings. The Morgan fingerprint density at radius 3 is 2.24 bits per heavy atom. The standard InChI is InChI=1S/C28H45N5O4/c1-21(2)20-24(31-28(37)33-18-9-6-10-19-33)26(35)30-23(15-14-22-12-7-5-8-13-22)25(34)27(36)29-16-11-17-32(3)4/h5,7-8,12-13,21,23-24H,6,9-11,14-20H2,1-4H3,(H,29,36)(H,30,35)(H,31,37)/t23?,24-/m0/s1. The van der Waals surface area contributed by atoms with E-state index in [0.717, 1.165) is 31.4 Å². The molecule has 4 amide bonds. The average molecular weight is 516 g/mol. The molecule has 0 radical (unpaired) electrons. The second-order valence-electron chi connectivity index (χ2n) is 10.5. The van der Waals surface area contributed by atoms with Gasteiger partial charge in [-0.2, -0.15) is 0 Å². The first-order valence-corrected chi connectivity index (χ1v) is 13.5. The Morgan fingerprint density at radius 2 is 1.62 bits per heavy atom. The molecule has 1 aliphatic heterocycles. The van der Waals surface area contributed by atoms with Crippen molar-refractivity contribution in [3.05, 3.63) is 35.9 Å². The number of ketones is 1. The highest BCUT2D eigenvalue weighted by Gasteiger charge is 2.31. The van der Waals surface area contributed by atoms with Crippen LogP contribution in [0, 0.1) is 5.92 Å². The Kier molecular flexibility index (Phi) is 13.1. The van der Waals surface area contributed by atoms with Crippen molar-refractivity contribution in [3.8, 4) is 0 Å². The highest BCUT2D eigenvalue weighted by molar-refractivity contribution is 6.38. The summed E-state index contributed by atoms with van der Waals surface area (Å²) in [7, 11) is 3.89. The number of hydrogen-bond donors (Lipinski definition) is 3. The van der Waals surface area contributed by atoms with Crippen LogP contribution in [0.4, 0.5) is 4.79 Å². The molecule has 1 aromatic carbocycles. The number of nitrogens with zero attached hydrogens (tertiary/aromatic N) is 2. The summed E-state index contributed by atoms with van der Waals surface area (Å²) in [5.41, 5.74) is 1.01. The topological polar surface area (TPSA) is 111 Å². The predicted octanol–water partition coefficient (Wildman–Crippen LogP) is 2.35. The number of carbonyl (C=O) groups is 4. The minimum Gasteiger partial charge on any atom is -0.349 e. The second kappa shape index (κ2) is 16.0. The molecule has 0 aliphatic carbocycles. The number of piperidine rings is 1. The highest BCUT2D eigenvalue weighted by Crippen LogP contribution is 2.12. The van der Waals surface area contributed by atoms with Gasteiger partial charge in [-0.3, -0.25) is 14.4 Å². The molecule has 37 heavy (non-hydrogen) atoms. The number of carbonyl (C=O) groups excluding carboxylic acids is 4. The first kappa shape index (κ1) is 30.3. The van der Waals surface area contributed by atoms with Crippen molar-refractivity contribution < 1.29 is 19.2 Å². The van der Waals surface area contributed by atoms with Crippen molar-refractivity contribution in [2.75, 3.05) is 40.3 Å². The third-order valence-corrected chi connectivity index (χ3v) is 6.45. The van der Waals surface area contributed by atoms with Gasteiger partial charge in [-0.1, -0.05) is 44.2 Å². The van der Waals surface area contributed by atoms with Crippen molar-refractivity contribution in [1.29, 1.82) is 0 Å². The maximum Gasteiger partial charge on any atom is 0.318 e. The van der Waals surface area contributed by atoms with Crippen molar-refractivity contribution in [2.24, 2.45) is 5.92 Å². The summed E-state index contributed by atoms with van der Waals surface area (Å²) in [6.45, 7) is 6.47. The minimum absolute atomic E-state index is 0.149. The van der Waals surface area contributed by atoms with E-state index in [-0.39, 0.29) is 18.4 Å². The van der Waals surface area contributed by atoms with Gasteiger partial charge in [0.05, 0.1) is 6.04 Å². The Labute approximate surface area is 221 Å². The first-order chi connectivity index (χ1) is 17.7. The van der Waals surface area contributed by atoms with Crippen LogP contribution in [0.2, 0.25) is 0 Å². The van der Waals surface area contributed by atoms with E-state index in [2.05, 4.69) is 16.0 Å². The monoisotopic (exact) mass is 515 g/mol. The second-order valence-corrected chi connectivity index (χ2v) is 10.5. The van der Waals surface area contributed by atoms with E-state index in [0.29, 0.717) is 38.9 Å². The number of likely N-dealkylation sites (tertiary alicyclic amines) is 1. The average Bonchev–Trinajstić information content (AvgIpc) is 2.88. The van der Waals surface area contributed by atoms with Crippen LogP contribution < -0.4 is 16.0 Å². The van der Waals surface area contributed by atoms with Crippen LogP contribution in [-0.2, 0) is 20.8 Å². The van der Waals surface area contributed by atoms with Crippen LogP contribution in [0.15, 0.2) is 30.3 Å². The molecule has 0 aromatic heterocycles. The Bertz CT molecular complexity index is 869. The number of rotatable bonds is 14. The van der Waals surface area contributed by atoms with Gasteiger partial charge < -0.3 is 25.8 Å². The lowest BCUT2D eigenvalue weighted by atomic mass is 9.99. The number of benzene rings is 1. The van der Waals surface area contributed by atoms with E-state index in [1.165, 1.54) is 0 Å². The van der Waals surface area contributed by atoms with E-state index >= 15 is 0 Å². The molecule has 1 unspecified atom stereocenters. The lowest BCUT2D eigenvalue weighted by Crippen LogP contribution is -2.56. The van der Waals surface area contributed by atoms with Gasteiger partial charge in [0, 0.05) is 19.6 Å². The molecular formula is C28H45N5O4. The number of Topliss-reactive ketones (excluding diaryl/α,β-unsaturated/α-hetero) is 1. The Morgan fingerprint density at radius 1 is 0.946 bits per heavy atom. The van der Waals surface area contributed by atoms with Crippen molar-refractivity contribution in [1.82, 2.24) is 25.8 Å². The number of hydrogen-bond acceptors (Lipinski definition) is 5. The number of amides is 4. The fourth-order valence-corrected chi connectivity index (χ4v) is 4.38. The molecule has 1 heterocycles. The highest BCUT2D eigenvalue weighted by atomic mass is 16.2. The fourth-order valence-electron chi connectivity index (χ4n) is 4.38. The maximum atomic E-state index is 13.3. The summed E-state index contributed by atoms with van der Waals surface area (Å²) in [6.07, 6.45) is 4.97. The van der Waals surface area contributed by atoms with Crippen LogP contribution in [0.3, 0.4) is 0 Å². The van der Waals surface area contributed by atoms with E-state index in [1.807, 2.05) is 63.2 Å². The molecule has 0 spiro atoms. The zero-order chi connectivity index (χ0) is 27.2. The van der Waals surface area contributed by atoms with Gasteiger partial charge in [-0.25, -0.2) is 4.79 Å². The van der Waals surface area contributed by atoms with Crippen LogP contribution in [0.25, 0.3) is 0 Å². The summed E-state index contributed by atoms with van der Waals surface area (Å²) in [5, 5.41) is 8.36. The molecule has 0 bridgehead atoms. The molecule has 3 N–H and O–H groups in total. The molecule has 9 nitrogen and oxygen atoms in total. The molecule has 1 fully saturated rings. The summed E-state index contributed by atoms with van der Waals surface area (Å²) < 4.78 is 0. The van der Waals surface area contributed by atoms with Gasteiger partial charge in [-0.05, 0) is 77.1 Å². The Balaban J connectivity index is 2.09. The third-order valence-electron chi connectivity index (χ3n) is 6.45. The van der Waals surface area contributed by atoms with E-state index in [9.17, 15) is 19.2 Å². The zero-order valence-electron chi connectivity index (χ0n) is 22.9. The maximum absolute atomic E-state index is 13.3. The molecule has 9 heteroatoms. The van der Waals surface area contributed by atoms with Crippen molar-refractivity contribution >= 4 is 23.6 Å². The lowest BCUT2D eigenvalue weighted by Gasteiger charge is -2.30. The molecule has 206 valence electrons. The number of urea groups is 1. The van der Waals surface area contributed by atoms with Gasteiger partial charge in [0.15, 0.2) is 0 Å². The van der Waals surface area contributed by atoms with Gasteiger partial charge in [-0.15, -0.1) is 0 Å². The summed E-state index contributed by atoms with van der Waals surface area (Å²) >= 11 is 0. The van der Waals surface area contributed by atoms with Crippen LogP contribution in [0.1, 0.15) is 57.9 Å². The zero-order valence-corrected chi connectivity index (χ0v) is 22.9. The van der Waals surface area contributed by atoms with E-state index < -0.39 is 29.7 Å². The van der Waals surface area contributed by atoms with E-state index in [1.54, 1.807) is 4.90 Å². The summed E-state index contributed by atoms with van der Waals surface area (Å²) in [4.78, 5) is 55.7. The predicted molar refractivity (Wildman–Crippen MR) is 145 cm³/mol. The SMILES string of the molecule is CC(C)C[C@H](NC(=O)N1CCCCC1)C(=O)NC(CCc1ccccc1)C(=O)C(=O)NCCCN(C)C. The number of nitrogens with one attached hydrogen (secondary N) is 3. The third kappa shape index (κ3) is 11.3. The molecule has 2 rings (SSSR count). The van der Waals surface area contributed by atoms with Gasteiger partial charge >= 0.3 is 6.03 Å². The van der Waals surface area contributed by atoms with E-state index in [4.69, 9.17) is 0 Å². The summed E-state index contributed by atoms with van der Waals surface area (Å²) in [6, 6.07) is 7.61. The summed E-state index contributed by atoms with van der Waals surface area (Å²) in [5.74, 6) is -1.66. The van der Waals surface area contributed by atoms with Crippen molar-refractivity contribution in [3.63, 3.8) is 0 Å². The van der Waals surface area contributed by atoms with Crippen LogP contribution in [0.5, 0.6) is 0 Å². The molecule has 0 saturated carbocycles. The van der Waals surface area contributed by atoms with Gasteiger partial charge in [0.1, 0.15) is 6.04 Å². The molecule has 2 atom stereocenters. The minimum atomic E-state index is -0.983. The van der Waals surface area contributed by atoms with Crippen LogP contribution in [-0.4, -0.2) is 85.8 Å². The smallest absolute Gasteiger partial charge is 0.318 e. The largest absolute Gasteiger partial charge is 0.349 e. The molecular weight excluding hydrogens is 470 g/mol. The fraction of sp³-hybridized carbons (Fsp3) is 0.643.